The van der Waals surface area contributed by atoms with Crippen molar-refractivity contribution < 1.29 is 4.42 Å². The van der Waals surface area contributed by atoms with Gasteiger partial charge in [-0.15, -0.1) is 5.10 Å². The molecule has 0 aliphatic heterocycles. The molecule has 0 bridgehead atoms. The summed E-state index contributed by atoms with van der Waals surface area (Å²) in [5.74, 6) is 2.57. The molecule has 5 aromatic carbocycles. The molecule has 0 saturated carbocycles. The zero-order valence-corrected chi connectivity index (χ0v) is 26.1. The maximum absolute atomic E-state index is 6.13. The summed E-state index contributed by atoms with van der Waals surface area (Å²) < 4.78 is 6.13. The van der Waals surface area contributed by atoms with Crippen molar-refractivity contribution in [2.45, 2.75) is 6.92 Å². The first kappa shape index (κ1) is 28.8. The summed E-state index contributed by atoms with van der Waals surface area (Å²) >= 11 is 0. The van der Waals surface area contributed by atoms with Gasteiger partial charge in [-0.05, 0) is 43.0 Å². The van der Waals surface area contributed by atoms with Gasteiger partial charge in [-0.3, -0.25) is 4.99 Å². The van der Waals surface area contributed by atoms with Crippen LogP contribution in [0, 0.1) is 6.92 Å². The second-order valence-electron chi connectivity index (χ2n) is 11.4. The fourth-order valence-electron chi connectivity index (χ4n) is 5.88. The molecule has 0 saturated heterocycles. The quantitative estimate of drug-likeness (QED) is 0.165. The number of aromatic nitrogens is 5. The summed E-state index contributed by atoms with van der Waals surface area (Å²) in [6.45, 7) is 5.87. The first-order valence-corrected chi connectivity index (χ1v) is 15.5. The Morgan fingerprint density at radius 3 is 1.92 bits per heavy atom. The zero-order chi connectivity index (χ0) is 32.5. The number of aryl methyl sites for hydroxylation is 1. The van der Waals surface area contributed by atoms with E-state index in [0.717, 1.165) is 60.9 Å². The van der Waals surface area contributed by atoms with Crippen LogP contribution in [-0.2, 0) is 0 Å². The summed E-state index contributed by atoms with van der Waals surface area (Å²) in [6, 6.07) is 42.4. The highest BCUT2D eigenvalue weighted by Gasteiger charge is 2.15. The van der Waals surface area contributed by atoms with Crippen molar-refractivity contribution in [3.63, 3.8) is 0 Å². The van der Waals surface area contributed by atoms with Gasteiger partial charge in [-0.2, -0.15) is 5.10 Å². The Labute approximate surface area is 277 Å². The van der Waals surface area contributed by atoms with Crippen LogP contribution in [-0.4, -0.2) is 31.9 Å². The van der Waals surface area contributed by atoms with Gasteiger partial charge >= 0.3 is 0 Å². The van der Waals surface area contributed by atoms with Crippen LogP contribution in [0.15, 0.2) is 143 Å². The summed E-state index contributed by atoms with van der Waals surface area (Å²) in [5.41, 5.74) is 7.87. The first-order chi connectivity index (χ1) is 23.6. The molecule has 0 spiro atoms. The van der Waals surface area contributed by atoms with Gasteiger partial charge < -0.3 is 4.42 Å². The summed E-state index contributed by atoms with van der Waals surface area (Å²) in [5, 5.41) is 11.7. The number of nitrogens with zero attached hydrogens (tertiary/aromatic N) is 6. The molecular formula is C41H28N6O. The molecule has 3 aromatic heterocycles. The van der Waals surface area contributed by atoms with Crippen LogP contribution in [0.3, 0.4) is 0 Å². The van der Waals surface area contributed by atoms with Crippen LogP contribution >= 0.6 is 0 Å². The molecule has 0 fully saturated rings. The maximum atomic E-state index is 6.13. The fraction of sp³-hybridized carbons (Fsp3) is 0.0244. The number of benzene rings is 5. The number of hydrogen-bond acceptors (Lipinski definition) is 7. The van der Waals surface area contributed by atoms with E-state index in [2.05, 4.69) is 52.2 Å². The lowest BCUT2D eigenvalue weighted by Gasteiger charge is -2.10. The second kappa shape index (κ2) is 12.3. The Balaban J connectivity index is 1.18. The molecule has 0 aliphatic carbocycles. The van der Waals surface area contributed by atoms with Gasteiger partial charge in [-0.25, -0.2) is 15.0 Å². The van der Waals surface area contributed by atoms with Crippen molar-refractivity contribution in [2.24, 2.45) is 4.99 Å². The molecule has 228 valence electrons. The Morgan fingerprint density at radius 2 is 1.23 bits per heavy atom. The predicted molar refractivity (Wildman–Crippen MR) is 193 cm³/mol. The second-order valence-corrected chi connectivity index (χ2v) is 11.4. The lowest BCUT2D eigenvalue weighted by molar-refractivity contribution is 0.601. The highest BCUT2D eigenvalue weighted by Crippen LogP contribution is 2.33. The lowest BCUT2D eigenvalue weighted by Crippen LogP contribution is -2.00. The van der Waals surface area contributed by atoms with Crippen LogP contribution in [0.25, 0.3) is 78.8 Å². The summed E-state index contributed by atoms with van der Waals surface area (Å²) in [7, 11) is 0. The molecule has 7 nitrogen and oxygen atoms in total. The minimum absolute atomic E-state index is 0.586. The molecule has 0 atom stereocenters. The van der Waals surface area contributed by atoms with E-state index < -0.39 is 0 Å². The van der Waals surface area contributed by atoms with Gasteiger partial charge in [0.1, 0.15) is 17.0 Å². The van der Waals surface area contributed by atoms with E-state index in [0.29, 0.717) is 28.9 Å². The fourth-order valence-corrected chi connectivity index (χ4v) is 5.88. The molecule has 7 heteroatoms. The monoisotopic (exact) mass is 620 g/mol. The Kier molecular flexibility index (Phi) is 7.39. The van der Waals surface area contributed by atoms with Crippen molar-refractivity contribution in [3.8, 4) is 45.3 Å². The maximum Gasteiger partial charge on any atom is 0.164 e. The molecule has 8 aromatic rings. The van der Waals surface area contributed by atoms with E-state index in [1.54, 1.807) is 6.20 Å². The molecule has 0 N–H and O–H groups in total. The zero-order valence-electron chi connectivity index (χ0n) is 26.1. The minimum Gasteiger partial charge on any atom is -0.456 e. The van der Waals surface area contributed by atoms with Crippen molar-refractivity contribution in [3.05, 3.63) is 151 Å². The minimum atomic E-state index is 0.586. The standard InChI is InChI=1S/C41H28N6O/c1-26-33-18-9-10-19-36(33)48-37(26)24-35(42-2)38-34-21-20-30(23-32(34)25-43-47-38)29-16-11-17-31(22-29)41-45-39(27-12-5-3-6-13-27)44-40(46-41)28-14-7-4-8-15-28/h3-25H,2H2,1H3/b35-24-. The highest BCUT2D eigenvalue weighted by molar-refractivity contribution is 5.98. The molecule has 8 rings (SSSR count). The van der Waals surface area contributed by atoms with Crippen LogP contribution in [0.2, 0.25) is 0 Å². The van der Waals surface area contributed by atoms with E-state index in [1.807, 2.05) is 110 Å². The van der Waals surface area contributed by atoms with Crippen LogP contribution in [0.4, 0.5) is 0 Å². The SMILES string of the molecule is C=N/C(=C\c1oc2ccccc2c1C)c1nncc2cc(-c3cccc(-c4nc(-c5ccccc5)nc(-c5ccccc5)n4)c3)ccc12. The summed E-state index contributed by atoms with van der Waals surface area (Å²) in [6.07, 6.45) is 3.65. The van der Waals surface area contributed by atoms with E-state index >= 15 is 0 Å². The molecule has 0 radical (unpaired) electrons. The van der Waals surface area contributed by atoms with Crippen molar-refractivity contribution in [2.75, 3.05) is 0 Å². The Hall–Kier alpha value is -6.60. The third-order valence-electron chi connectivity index (χ3n) is 8.38. The number of para-hydroxylation sites is 1. The number of hydrogen-bond donors (Lipinski definition) is 0. The molecule has 0 unspecified atom stereocenters. The van der Waals surface area contributed by atoms with Gasteiger partial charge in [0.05, 0.1) is 11.9 Å². The molecular weight excluding hydrogens is 592 g/mol. The molecule has 0 aliphatic rings. The topological polar surface area (TPSA) is 90.0 Å². The van der Waals surface area contributed by atoms with Gasteiger partial charge in [0.15, 0.2) is 17.5 Å². The lowest BCUT2D eigenvalue weighted by atomic mass is 9.99. The third-order valence-corrected chi connectivity index (χ3v) is 8.38. The number of furan rings is 1. The number of rotatable bonds is 7. The van der Waals surface area contributed by atoms with Crippen LogP contribution < -0.4 is 0 Å². The van der Waals surface area contributed by atoms with E-state index in [9.17, 15) is 0 Å². The van der Waals surface area contributed by atoms with Gasteiger partial charge in [0.2, 0.25) is 0 Å². The first-order valence-electron chi connectivity index (χ1n) is 15.5. The van der Waals surface area contributed by atoms with E-state index in [4.69, 9.17) is 19.4 Å². The van der Waals surface area contributed by atoms with E-state index in [-0.39, 0.29) is 0 Å². The molecule has 48 heavy (non-hydrogen) atoms. The summed E-state index contributed by atoms with van der Waals surface area (Å²) in [4.78, 5) is 19.0. The van der Waals surface area contributed by atoms with Crippen LogP contribution in [0.1, 0.15) is 17.0 Å². The molecule has 3 heterocycles. The van der Waals surface area contributed by atoms with Gasteiger partial charge in [0, 0.05) is 44.5 Å². The smallest absolute Gasteiger partial charge is 0.164 e. The van der Waals surface area contributed by atoms with Crippen LogP contribution in [0.5, 0.6) is 0 Å². The third kappa shape index (κ3) is 5.43. The largest absolute Gasteiger partial charge is 0.456 e. The van der Waals surface area contributed by atoms with E-state index in [1.165, 1.54) is 0 Å². The van der Waals surface area contributed by atoms with Crippen molar-refractivity contribution in [1.82, 2.24) is 25.1 Å². The van der Waals surface area contributed by atoms with Crippen molar-refractivity contribution >= 4 is 40.2 Å². The highest BCUT2D eigenvalue weighted by atomic mass is 16.3. The van der Waals surface area contributed by atoms with Gasteiger partial charge in [-0.1, -0.05) is 109 Å². The molecule has 0 amide bonds. The average Bonchev–Trinajstić information content (AvgIpc) is 3.48. The number of fused-ring (bicyclic) bond motifs is 2. The van der Waals surface area contributed by atoms with Crippen molar-refractivity contribution in [1.29, 1.82) is 0 Å². The average molecular weight is 621 g/mol. The van der Waals surface area contributed by atoms with Gasteiger partial charge in [0.25, 0.3) is 0 Å². The predicted octanol–water partition coefficient (Wildman–Crippen LogP) is 9.74. The normalized spacial score (nSPS) is 11.6. The Bertz CT molecular complexity index is 2430. The number of aliphatic imine (C=N–C) groups is 1. The Morgan fingerprint density at radius 1 is 0.625 bits per heavy atom.